The second kappa shape index (κ2) is 49.8. The molecule has 0 saturated heterocycles. The summed E-state index contributed by atoms with van der Waals surface area (Å²) in [5.74, 6) is 0.659. The van der Waals surface area contributed by atoms with Gasteiger partial charge in [-0.3, -0.25) is 0 Å². The fraction of sp³-hybridized carbons (Fsp3) is 1.00. The van der Waals surface area contributed by atoms with Crippen LogP contribution < -0.4 is 54.8 Å². The van der Waals surface area contributed by atoms with E-state index in [4.69, 9.17) is 37.1 Å². The van der Waals surface area contributed by atoms with Crippen LogP contribution in [0.3, 0.4) is 0 Å². The van der Waals surface area contributed by atoms with Crippen LogP contribution in [0.15, 0.2) is 0 Å². The quantitative estimate of drug-likeness (QED) is 0.0428. The Morgan fingerprint density at radius 1 is 0.474 bits per heavy atom. The molecule has 0 fully saturated rings. The number of ether oxygens (including phenoxy) is 3. The second-order valence-corrected chi connectivity index (χ2v) is 17.5. The topological polar surface area (TPSA) is 204 Å². The normalized spacial score (nSPS) is 12.5. The molecule has 0 radical (unpaired) electrons. The SMILES string of the molecule is CC(C)NCC(C)(C)CN.CC(C)NCCCN.CC(C)NCCOCCOCCOCCNC(C)C.CC(CN)CCNC(C)C.CCC(N)CCNC(C)C. The van der Waals surface area contributed by atoms with Crippen LogP contribution in [-0.2, 0) is 14.2 Å². The van der Waals surface area contributed by atoms with Crippen molar-refractivity contribution >= 4 is 0 Å². The van der Waals surface area contributed by atoms with Gasteiger partial charge in [0.15, 0.2) is 0 Å². The lowest BCUT2D eigenvalue weighted by atomic mass is 9.94. The summed E-state index contributed by atoms with van der Waals surface area (Å²) in [5, 5.41) is 19.9. The molecule has 0 aromatic rings. The molecule has 57 heavy (non-hydrogen) atoms. The molecule has 0 bridgehead atoms. The van der Waals surface area contributed by atoms with Gasteiger partial charge >= 0.3 is 0 Å². The fourth-order valence-electron chi connectivity index (χ4n) is 3.92. The Morgan fingerprint density at radius 2 is 0.825 bits per heavy atom. The predicted octanol–water partition coefficient (Wildman–Crippen LogP) is 4.42. The number of nitrogens with one attached hydrogen (secondary N) is 6. The van der Waals surface area contributed by atoms with E-state index in [1.54, 1.807) is 0 Å². The maximum absolute atomic E-state index is 5.72. The van der Waals surface area contributed by atoms with Crippen LogP contribution in [0.5, 0.6) is 0 Å². The molecule has 2 unspecified atom stereocenters. The molecular weight excluding hydrogens is 717 g/mol. The summed E-state index contributed by atoms with van der Waals surface area (Å²) >= 11 is 0. The molecular formula is C44H108N10O3. The van der Waals surface area contributed by atoms with Gasteiger partial charge in [0, 0.05) is 61.9 Å². The van der Waals surface area contributed by atoms with Gasteiger partial charge in [-0.2, -0.15) is 0 Å². The Balaban J connectivity index is -0.000000206. The van der Waals surface area contributed by atoms with Gasteiger partial charge in [0.25, 0.3) is 0 Å². The Labute approximate surface area is 356 Å². The predicted molar refractivity (Wildman–Crippen MR) is 254 cm³/mol. The highest BCUT2D eigenvalue weighted by molar-refractivity contribution is 4.73. The minimum Gasteiger partial charge on any atom is -0.378 e. The Kier molecular flexibility index (Phi) is 57.4. The van der Waals surface area contributed by atoms with Crippen LogP contribution in [-0.4, -0.2) is 141 Å². The Bertz CT molecular complexity index is 680. The van der Waals surface area contributed by atoms with Crippen molar-refractivity contribution < 1.29 is 14.2 Å². The van der Waals surface area contributed by atoms with E-state index in [1.807, 2.05) is 0 Å². The first-order valence-corrected chi connectivity index (χ1v) is 22.7. The summed E-state index contributed by atoms with van der Waals surface area (Å²) < 4.78 is 16.2. The highest BCUT2D eigenvalue weighted by atomic mass is 16.5. The molecule has 13 nitrogen and oxygen atoms in total. The number of hydrogen-bond acceptors (Lipinski definition) is 13. The summed E-state index contributed by atoms with van der Waals surface area (Å²) in [6.45, 7) is 46.7. The van der Waals surface area contributed by atoms with Crippen LogP contribution in [0.1, 0.15) is 136 Å². The van der Waals surface area contributed by atoms with Crippen LogP contribution in [0, 0.1) is 11.3 Å². The Morgan fingerprint density at radius 3 is 1.16 bits per heavy atom. The van der Waals surface area contributed by atoms with Crippen LogP contribution in [0.2, 0.25) is 0 Å². The first-order valence-electron chi connectivity index (χ1n) is 22.7. The lowest BCUT2D eigenvalue weighted by Crippen LogP contribution is -2.38. The van der Waals surface area contributed by atoms with E-state index in [0.717, 1.165) is 91.4 Å². The van der Waals surface area contributed by atoms with Gasteiger partial charge in [-0.25, -0.2) is 0 Å². The van der Waals surface area contributed by atoms with E-state index in [1.165, 1.54) is 6.42 Å². The Hall–Kier alpha value is -0.520. The third-order valence-electron chi connectivity index (χ3n) is 8.00. The standard InChI is InChI=1S/C14H32N2O3.3C8H20N2.C6H16N2/c1-13(2)15-5-7-17-9-11-19-12-10-18-8-6-16-14(3)4;1-7(2)10-6-8(3,4)5-9;1-7(2)10-5-4-8(3)6-9;1-4-8(9)5-6-10-7(2)3;1-6(2)8-5-3-4-7/h13-16H,5-12H2,1-4H3;7,10H,5-6,9H2,1-4H3;2*7-8,10H,4-6,9H2,1-3H3;6,8H,3-5,7H2,1-2H3. The molecule has 13 heteroatoms. The number of hydrogen-bond donors (Lipinski definition) is 10. The molecule has 0 aliphatic rings. The van der Waals surface area contributed by atoms with Crippen molar-refractivity contribution in [3.8, 4) is 0 Å². The van der Waals surface area contributed by atoms with Crippen molar-refractivity contribution in [2.24, 2.45) is 34.3 Å². The zero-order valence-electron chi connectivity index (χ0n) is 41.1. The summed E-state index contributed by atoms with van der Waals surface area (Å²) in [5.41, 5.74) is 22.2. The van der Waals surface area contributed by atoms with E-state index in [-0.39, 0.29) is 5.41 Å². The molecule has 0 spiro atoms. The highest BCUT2D eigenvalue weighted by Gasteiger charge is 2.14. The highest BCUT2D eigenvalue weighted by Crippen LogP contribution is 2.10. The summed E-state index contributed by atoms with van der Waals surface area (Å²) in [4.78, 5) is 0. The summed E-state index contributed by atoms with van der Waals surface area (Å²) in [7, 11) is 0. The molecule has 0 aliphatic heterocycles. The molecule has 0 rings (SSSR count). The van der Waals surface area contributed by atoms with Crippen molar-refractivity contribution in [3.63, 3.8) is 0 Å². The van der Waals surface area contributed by atoms with Gasteiger partial charge in [0.1, 0.15) is 0 Å². The maximum atomic E-state index is 5.72. The van der Waals surface area contributed by atoms with E-state index < -0.39 is 0 Å². The lowest BCUT2D eigenvalue weighted by molar-refractivity contribution is 0.0154. The molecule has 0 aromatic heterocycles. The zero-order valence-corrected chi connectivity index (χ0v) is 41.1. The molecule has 14 N–H and O–H groups in total. The molecule has 0 saturated carbocycles. The fourth-order valence-corrected chi connectivity index (χ4v) is 3.92. The third kappa shape index (κ3) is 76.7. The minimum atomic E-state index is 0.240. The first-order chi connectivity index (χ1) is 26.7. The first kappa shape index (κ1) is 65.6. The van der Waals surface area contributed by atoms with E-state index in [9.17, 15) is 0 Å². The third-order valence-corrected chi connectivity index (χ3v) is 8.00. The average molecular weight is 825 g/mol. The van der Waals surface area contributed by atoms with Crippen molar-refractivity contribution in [1.29, 1.82) is 0 Å². The molecule has 352 valence electrons. The van der Waals surface area contributed by atoms with Gasteiger partial charge in [0.05, 0.1) is 39.6 Å². The molecule has 2 atom stereocenters. The van der Waals surface area contributed by atoms with Gasteiger partial charge in [-0.1, -0.05) is 111 Å². The zero-order chi connectivity index (χ0) is 44.9. The monoisotopic (exact) mass is 825 g/mol. The lowest BCUT2D eigenvalue weighted by Gasteiger charge is -2.24. The second-order valence-electron chi connectivity index (χ2n) is 17.5. The number of nitrogens with two attached hydrogens (primary N) is 4. The van der Waals surface area contributed by atoms with Gasteiger partial charge in [-0.05, 0) is 76.3 Å². The van der Waals surface area contributed by atoms with E-state index >= 15 is 0 Å². The van der Waals surface area contributed by atoms with Crippen molar-refractivity contribution in [2.45, 2.75) is 179 Å². The van der Waals surface area contributed by atoms with Crippen molar-refractivity contribution in [3.05, 3.63) is 0 Å². The van der Waals surface area contributed by atoms with Crippen molar-refractivity contribution in [2.75, 3.05) is 98.5 Å². The van der Waals surface area contributed by atoms with Gasteiger partial charge in [-0.15, -0.1) is 0 Å². The summed E-state index contributed by atoms with van der Waals surface area (Å²) in [6, 6.07) is 3.76. The minimum absolute atomic E-state index is 0.240. The van der Waals surface area contributed by atoms with E-state index in [2.05, 4.69) is 143 Å². The largest absolute Gasteiger partial charge is 0.378 e. The van der Waals surface area contributed by atoms with Gasteiger partial charge in [0.2, 0.25) is 0 Å². The maximum Gasteiger partial charge on any atom is 0.0701 e. The molecule has 0 amide bonds. The van der Waals surface area contributed by atoms with Crippen LogP contribution in [0.4, 0.5) is 0 Å². The van der Waals surface area contributed by atoms with Crippen LogP contribution in [0.25, 0.3) is 0 Å². The summed E-state index contributed by atoms with van der Waals surface area (Å²) in [6.07, 6.45) is 4.45. The molecule has 0 aliphatic carbocycles. The van der Waals surface area contributed by atoms with Crippen LogP contribution >= 0.6 is 0 Å². The average Bonchev–Trinajstić information content (AvgIpc) is 3.13. The van der Waals surface area contributed by atoms with E-state index in [0.29, 0.717) is 74.6 Å². The molecule has 0 heterocycles. The van der Waals surface area contributed by atoms with Crippen molar-refractivity contribution in [1.82, 2.24) is 31.9 Å². The smallest absolute Gasteiger partial charge is 0.0701 e. The molecule has 0 aromatic carbocycles. The number of rotatable bonds is 32. The van der Waals surface area contributed by atoms with Gasteiger partial charge < -0.3 is 69.0 Å².